The molecule has 10 nitrogen and oxygen atoms in total. The van der Waals surface area contributed by atoms with Gasteiger partial charge in [0.15, 0.2) is 0 Å². The third-order valence-electron chi connectivity index (χ3n) is 3.08. The van der Waals surface area contributed by atoms with Gasteiger partial charge in [-0.25, -0.2) is 14.4 Å². The molecule has 0 aromatic rings. The molecule has 0 amide bonds. The summed E-state index contributed by atoms with van der Waals surface area (Å²) in [6, 6.07) is 0. The highest BCUT2D eigenvalue weighted by molar-refractivity contribution is 5.85. The van der Waals surface area contributed by atoms with E-state index in [4.69, 9.17) is 35.7 Å². The highest BCUT2D eigenvalue weighted by atomic mass is 16.4. The fourth-order valence-corrected chi connectivity index (χ4v) is 0.485. The number of carboxylic acid groups (broad SMARTS) is 3. The van der Waals surface area contributed by atoms with Crippen molar-refractivity contribution in [3.05, 3.63) is 36.5 Å². The molecule has 0 aliphatic heterocycles. The SMILES string of the molecule is C=C(C)C(=O)O.C=C(C)C(=O)O.C=C(C)C(=O)O.CCC(CO)(CO)CO.CCCO. The summed E-state index contributed by atoms with van der Waals surface area (Å²) in [5.41, 5.74) is -0.139. The maximum absolute atomic E-state index is 9.60. The minimum absolute atomic E-state index is 0.156. The van der Waals surface area contributed by atoms with Crippen LogP contribution in [0.2, 0.25) is 0 Å². The Morgan fingerprint density at radius 1 is 0.645 bits per heavy atom. The standard InChI is InChI=1S/C6H14O3.3C4H6O2.C3H8O/c1-2-6(3-7,4-8)5-9;3*1-3(2)4(5)6;1-2-3-4/h7-9H,2-5H2,1H3;3*1H2,2H3,(H,5,6);4H,2-3H2,1H3. The number of aliphatic hydroxyl groups excluding tert-OH is 4. The molecule has 10 heteroatoms. The van der Waals surface area contributed by atoms with Gasteiger partial charge in [0.05, 0.1) is 19.8 Å². The van der Waals surface area contributed by atoms with Crippen molar-refractivity contribution in [2.75, 3.05) is 26.4 Å². The number of aliphatic hydroxyl groups is 4. The lowest BCUT2D eigenvalue weighted by atomic mass is 9.88. The minimum atomic E-state index is -0.935. The third-order valence-corrected chi connectivity index (χ3v) is 3.08. The molecule has 0 atom stereocenters. The predicted molar refractivity (Wildman–Crippen MR) is 119 cm³/mol. The van der Waals surface area contributed by atoms with E-state index in [0.717, 1.165) is 6.42 Å². The molecule has 184 valence electrons. The molecule has 0 aromatic heterocycles. The van der Waals surface area contributed by atoms with Gasteiger partial charge in [0.1, 0.15) is 0 Å². The fourth-order valence-electron chi connectivity index (χ4n) is 0.485. The van der Waals surface area contributed by atoms with Gasteiger partial charge in [-0.3, -0.25) is 0 Å². The first kappa shape index (κ1) is 39.0. The van der Waals surface area contributed by atoms with Gasteiger partial charge in [-0.05, 0) is 33.6 Å². The Labute approximate surface area is 184 Å². The van der Waals surface area contributed by atoms with Gasteiger partial charge in [-0.15, -0.1) is 0 Å². The molecular formula is C21H40O10. The van der Waals surface area contributed by atoms with Crippen molar-refractivity contribution in [3.63, 3.8) is 0 Å². The van der Waals surface area contributed by atoms with Crippen LogP contribution in [0.25, 0.3) is 0 Å². The molecule has 0 spiro atoms. The summed E-state index contributed by atoms with van der Waals surface area (Å²) in [4.78, 5) is 28.8. The Kier molecular flexibility index (Phi) is 32.1. The largest absolute Gasteiger partial charge is 0.478 e. The highest BCUT2D eigenvalue weighted by Crippen LogP contribution is 2.18. The molecule has 0 aliphatic rings. The zero-order chi connectivity index (χ0) is 26.2. The molecular weight excluding hydrogens is 412 g/mol. The molecule has 0 bridgehead atoms. The molecule has 31 heavy (non-hydrogen) atoms. The molecule has 0 heterocycles. The molecule has 0 fully saturated rings. The minimum Gasteiger partial charge on any atom is -0.478 e. The van der Waals surface area contributed by atoms with E-state index >= 15 is 0 Å². The Hall–Kier alpha value is -2.53. The van der Waals surface area contributed by atoms with E-state index in [-0.39, 0.29) is 36.5 Å². The Morgan fingerprint density at radius 3 is 0.806 bits per heavy atom. The van der Waals surface area contributed by atoms with E-state index in [1.54, 1.807) is 0 Å². The van der Waals surface area contributed by atoms with Gasteiger partial charge in [0.25, 0.3) is 0 Å². The maximum Gasteiger partial charge on any atom is 0.330 e. The van der Waals surface area contributed by atoms with Gasteiger partial charge in [-0.1, -0.05) is 33.6 Å². The summed E-state index contributed by atoms with van der Waals surface area (Å²) in [5.74, 6) is -2.81. The molecule has 0 saturated heterocycles. The summed E-state index contributed by atoms with van der Waals surface area (Å²) in [6.07, 6.45) is 1.47. The highest BCUT2D eigenvalue weighted by Gasteiger charge is 2.24. The van der Waals surface area contributed by atoms with E-state index in [9.17, 15) is 14.4 Å². The fraction of sp³-hybridized carbons (Fsp3) is 0.571. The first-order chi connectivity index (χ1) is 14.1. The maximum atomic E-state index is 9.60. The molecule has 0 saturated carbocycles. The number of carboxylic acids is 3. The monoisotopic (exact) mass is 452 g/mol. The lowest BCUT2D eigenvalue weighted by Crippen LogP contribution is -2.32. The van der Waals surface area contributed by atoms with E-state index in [1.807, 2.05) is 13.8 Å². The van der Waals surface area contributed by atoms with Crippen LogP contribution in [-0.2, 0) is 14.4 Å². The van der Waals surface area contributed by atoms with Crippen molar-refractivity contribution in [1.29, 1.82) is 0 Å². The Bertz CT molecular complexity index is 422. The van der Waals surface area contributed by atoms with Crippen LogP contribution >= 0.6 is 0 Å². The molecule has 7 N–H and O–H groups in total. The van der Waals surface area contributed by atoms with Crippen LogP contribution in [0.4, 0.5) is 0 Å². The average molecular weight is 453 g/mol. The van der Waals surface area contributed by atoms with Crippen molar-refractivity contribution in [1.82, 2.24) is 0 Å². The Balaban J connectivity index is -0.0000000931. The van der Waals surface area contributed by atoms with Crippen molar-refractivity contribution in [3.8, 4) is 0 Å². The van der Waals surface area contributed by atoms with Crippen LogP contribution in [0.3, 0.4) is 0 Å². The number of aliphatic carboxylic acids is 3. The molecule has 0 aromatic carbocycles. The number of hydrogen-bond donors (Lipinski definition) is 7. The lowest BCUT2D eigenvalue weighted by Gasteiger charge is -2.24. The van der Waals surface area contributed by atoms with Crippen molar-refractivity contribution < 1.29 is 50.1 Å². The van der Waals surface area contributed by atoms with Gasteiger partial charge in [0, 0.05) is 28.7 Å². The normalized spacial score (nSPS) is 8.81. The van der Waals surface area contributed by atoms with Crippen LogP contribution in [0.5, 0.6) is 0 Å². The number of hydrogen-bond acceptors (Lipinski definition) is 7. The van der Waals surface area contributed by atoms with E-state index in [2.05, 4.69) is 19.7 Å². The lowest BCUT2D eigenvalue weighted by molar-refractivity contribution is -0.133. The van der Waals surface area contributed by atoms with Gasteiger partial charge in [-0.2, -0.15) is 0 Å². The number of rotatable bonds is 8. The summed E-state index contributed by atoms with van der Waals surface area (Å²) in [6.45, 7) is 17.4. The molecule has 0 aliphatic carbocycles. The second-order valence-corrected chi connectivity index (χ2v) is 6.31. The van der Waals surface area contributed by atoms with E-state index in [0.29, 0.717) is 13.0 Å². The first-order valence-corrected chi connectivity index (χ1v) is 9.19. The molecule has 0 unspecified atom stereocenters. The summed E-state index contributed by atoms with van der Waals surface area (Å²) in [5, 5.41) is 57.5. The van der Waals surface area contributed by atoms with Crippen LogP contribution in [0.15, 0.2) is 36.5 Å². The second kappa shape index (κ2) is 25.5. The van der Waals surface area contributed by atoms with E-state index in [1.165, 1.54) is 20.8 Å². The molecule has 0 radical (unpaired) electrons. The number of carbonyl (C=O) groups is 3. The van der Waals surface area contributed by atoms with Crippen LogP contribution in [0, 0.1) is 5.41 Å². The zero-order valence-electron chi connectivity index (χ0n) is 19.2. The first-order valence-electron chi connectivity index (χ1n) is 9.19. The van der Waals surface area contributed by atoms with Crippen molar-refractivity contribution in [2.24, 2.45) is 5.41 Å². The van der Waals surface area contributed by atoms with Crippen molar-refractivity contribution >= 4 is 17.9 Å². The zero-order valence-corrected chi connectivity index (χ0v) is 19.2. The predicted octanol–water partition coefficient (Wildman–Crippen LogP) is 1.69. The van der Waals surface area contributed by atoms with Crippen LogP contribution < -0.4 is 0 Å². The van der Waals surface area contributed by atoms with Gasteiger partial charge >= 0.3 is 17.9 Å². The third kappa shape index (κ3) is 35.3. The topological polar surface area (TPSA) is 193 Å². The summed E-state index contributed by atoms with van der Waals surface area (Å²) in [7, 11) is 0. The van der Waals surface area contributed by atoms with Crippen LogP contribution in [-0.4, -0.2) is 80.1 Å². The smallest absolute Gasteiger partial charge is 0.330 e. The van der Waals surface area contributed by atoms with Gasteiger partial charge in [0.2, 0.25) is 0 Å². The second-order valence-electron chi connectivity index (χ2n) is 6.31. The summed E-state index contributed by atoms with van der Waals surface area (Å²) >= 11 is 0. The quantitative estimate of drug-likeness (QED) is 0.266. The van der Waals surface area contributed by atoms with Crippen LogP contribution in [0.1, 0.15) is 47.5 Å². The van der Waals surface area contributed by atoms with E-state index < -0.39 is 23.3 Å². The molecule has 0 rings (SSSR count). The summed E-state index contributed by atoms with van der Waals surface area (Å²) < 4.78 is 0. The van der Waals surface area contributed by atoms with Crippen molar-refractivity contribution in [2.45, 2.75) is 47.5 Å². The van der Waals surface area contributed by atoms with Gasteiger partial charge < -0.3 is 35.7 Å². The average Bonchev–Trinajstić information content (AvgIpc) is 2.71. The Morgan fingerprint density at radius 2 is 0.806 bits per heavy atom.